The Bertz CT molecular complexity index is 601. The van der Waals surface area contributed by atoms with E-state index in [4.69, 9.17) is 0 Å². The number of ketones is 1. The van der Waals surface area contributed by atoms with Gasteiger partial charge in [-0.05, 0) is 65.0 Å². The number of rotatable bonds is 8. The summed E-state index contributed by atoms with van der Waals surface area (Å²) in [5.41, 5.74) is 3.20. The summed E-state index contributed by atoms with van der Waals surface area (Å²) in [5, 5.41) is 19.1. The number of carboxylic acid groups (broad SMARTS) is 1. The van der Waals surface area contributed by atoms with Gasteiger partial charge in [0.1, 0.15) is 0 Å². The van der Waals surface area contributed by atoms with Gasteiger partial charge in [0.25, 0.3) is 0 Å². The van der Waals surface area contributed by atoms with Crippen LogP contribution < -0.4 is 0 Å². The van der Waals surface area contributed by atoms with Crippen LogP contribution in [-0.4, -0.2) is 28.1 Å². The topological polar surface area (TPSA) is 74.6 Å². The second kappa shape index (κ2) is 9.38. The number of allylic oxidation sites excluding steroid dienone is 5. The zero-order valence-electron chi connectivity index (χ0n) is 15.0. The summed E-state index contributed by atoms with van der Waals surface area (Å²) < 4.78 is 0. The van der Waals surface area contributed by atoms with Gasteiger partial charge in [0.15, 0.2) is 5.78 Å². The number of hydrogen-bond donors (Lipinski definition) is 2. The fourth-order valence-electron chi connectivity index (χ4n) is 2.71. The summed E-state index contributed by atoms with van der Waals surface area (Å²) in [5.74, 6) is -1.41. The highest BCUT2D eigenvalue weighted by Crippen LogP contribution is 2.24. The first-order valence-corrected chi connectivity index (χ1v) is 8.36. The molecular formula is C20H28O4. The van der Waals surface area contributed by atoms with Crippen molar-refractivity contribution in [2.45, 2.75) is 59.5 Å². The molecule has 0 aromatic heterocycles. The van der Waals surface area contributed by atoms with E-state index in [-0.39, 0.29) is 5.78 Å². The molecule has 0 amide bonds. The molecule has 132 valence electrons. The maximum absolute atomic E-state index is 11.9. The van der Waals surface area contributed by atoms with Crippen molar-refractivity contribution in [3.8, 4) is 0 Å². The van der Waals surface area contributed by atoms with Gasteiger partial charge >= 0.3 is 5.97 Å². The van der Waals surface area contributed by atoms with E-state index in [0.717, 1.165) is 12.0 Å². The van der Waals surface area contributed by atoms with E-state index < -0.39 is 18.0 Å². The molecule has 0 radical (unpaired) electrons. The SMILES string of the molecule is CC(C)=CCCC(=CCCC(C)=CC1C(=O)C(C)=CC1O)C(=O)O. The molecule has 0 saturated carbocycles. The van der Waals surface area contributed by atoms with Gasteiger partial charge in [-0.1, -0.05) is 29.4 Å². The van der Waals surface area contributed by atoms with Crippen LogP contribution in [0, 0.1) is 5.92 Å². The Balaban J connectivity index is 2.59. The lowest BCUT2D eigenvalue weighted by molar-refractivity contribution is -0.132. The molecule has 1 aliphatic carbocycles. The lowest BCUT2D eigenvalue weighted by Crippen LogP contribution is -2.18. The van der Waals surface area contributed by atoms with Crippen molar-refractivity contribution in [1.82, 2.24) is 0 Å². The summed E-state index contributed by atoms with van der Waals surface area (Å²) in [4.78, 5) is 23.2. The molecule has 0 aromatic carbocycles. The highest BCUT2D eigenvalue weighted by atomic mass is 16.4. The third-order valence-corrected chi connectivity index (χ3v) is 4.11. The number of carbonyl (C=O) groups excluding carboxylic acids is 1. The zero-order valence-corrected chi connectivity index (χ0v) is 15.0. The first-order valence-electron chi connectivity index (χ1n) is 8.36. The van der Waals surface area contributed by atoms with Crippen molar-refractivity contribution in [3.05, 3.63) is 46.6 Å². The van der Waals surface area contributed by atoms with E-state index in [1.165, 1.54) is 5.57 Å². The largest absolute Gasteiger partial charge is 0.478 e. The molecule has 4 nitrogen and oxygen atoms in total. The Kier molecular flexibility index (Phi) is 7.86. The zero-order chi connectivity index (χ0) is 18.3. The predicted molar refractivity (Wildman–Crippen MR) is 95.6 cm³/mol. The predicted octanol–water partition coefficient (Wildman–Crippen LogP) is 3.98. The lowest BCUT2D eigenvalue weighted by atomic mass is 9.97. The monoisotopic (exact) mass is 332 g/mol. The number of aliphatic carboxylic acids is 1. The number of hydrogen-bond acceptors (Lipinski definition) is 3. The third-order valence-electron chi connectivity index (χ3n) is 4.11. The molecule has 2 atom stereocenters. The molecule has 0 bridgehead atoms. The molecule has 2 unspecified atom stereocenters. The Hall–Kier alpha value is -1.94. The van der Waals surface area contributed by atoms with Crippen LogP contribution >= 0.6 is 0 Å². The first-order chi connectivity index (χ1) is 11.2. The smallest absolute Gasteiger partial charge is 0.331 e. The summed E-state index contributed by atoms with van der Waals surface area (Å²) in [7, 11) is 0. The molecule has 1 rings (SSSR count). The van der Waals surface area contributed by atoms with Crippen LogP contribution in [0.5, 0.6) is 0 Å². The van der Waals surface area contributed by atoms with Crippen LogP contribution in [0.2, 0.25) is 0 Å². The summed E-state index contributed by atoms with van der Waals surface area (Å²) in [6, 6.07) is 0. The molecule has 4 heteroatoms. The van der Waals surface area contributed by atoms with Gasteiger partial charge in [-0.2, -0.15) is 0 Å². The molecule has 1 aliphatic rings. The van der Waals surface area contributed by atoms with Crippen molar-refractivity contribution in [2.75, 3.05) is 0 Å². The molecular weight excluding hydrogens is 304 g/mol. The molecule has 0 aliphatic heterocycles. The van der Waals surface area contributed by atoms with Crippen LogP contribution in [0.4, 0.5) is 0 Å². The first kappa shape index (κ1) is 20.1. The number of aliphatic hydroxyl groups excluding tert-OH is 1. The van der Waals surface area contributed by atoms with E-state index in [1.807, 2.05) is 26.8 Å². The maximum atomic E-state index is 11.9. The Morgan fingerprint density at radius 3 is 2.29 bits per heavy atom. The number of carboxylic acids is 1. The van der Waals surface area contributed by atoms with Gasteiger partial charge < -0.3 is 10.2 Å². The second-order valence-corrected chi connectivity index (χ2v) is 6.64. The lowest BCUT2D eigenvalue weighted by Gasteiger charge is -2.10. The molecule has 0 heterocycles. The number of carbonyl (C=O) groups is 2. The molecule has 0 saturated heterocycles. The van der Waals surface area contributed by atoms with Crippen LogP contribution in [0.25, 0.3) is 0 Å². The minimum Gasteiger partial charge on any atom is -0.478 e. The summed E-state index contributed by atoms with van der Waals surface area (Å²) in [6.45, 7) is 7.61. The van der Waals surface area contributed by atoms with Crippen molar-refractivity contribution >= 4 is 11.8 Å². The highest BCUT2D eigenvalue weighted by molar-refractivity contribution is 6.01. The van der Waals surface area contributed by atoms with E-state index >= 15 is 0 Å². The van der Waals surface area contributed by atoms with Crippen molar-refractivity contribution < 1.29 is 19.8 Å². The van der Waals surface area contributed by atoms with Gasteiger partial charge in [-0.15, -0.1) is 0 Å². The van der Waals surface area contributed by atoms with Gasteiger partial charge in [-0.3, -0.25) is 4.79 Å². The minimum atomic E-state index is -0.875. The standard InChI is InChI=1S/C20H28O4/c1-13(2)7-5-9-16(20(23)24)10-6-8-14(3)11-17-18(21)12-15(4)19(17)22/h7,10-12,17-18,21H,5-6,8-9H2,1-4H3,(H,23,24). The number of aliphatic hydroxyl groups is 1. The minimum absolute atomic E-state index is 0.0367. The second-order valence-electron chi connectivity index (χ2n) is 6.64. The Morgan fingerprint density at radius 2 is 1.79 bits per heavy atom. The van der Waals surface area contributed by atoms with E-state index in [9.17, 15) is 19.8 Å². The van der Waals surface area contributed by atoms with Gasteiger partial charge in [0, 0.05) is 5.57 Å². The molecule has 0 fully saturated rings. The highest BCUT2D eigenvalue weighted by Gasteiger charge is 2.30. The van der Waals surface area contributed by atoms with Crippen LogP contribution in [-0.2, 0) is 9.59 Å². The molecule has 24 heavy (non-hydrogen) atoms. The van der Waals surface area contributed by atoms with Crippen LogP contribution in [0.1, 0.15) is 53.4 Å². The van der Waals surface area contributed by atoms with Gasteiger partial charge in [0.05, 0.1) is 12.0 Å². The fourth-order valence-corrected chi connectivity index (χ4v) is 2.71. The van der Waals surface area contributed by atoms with Crippen LogP contribution in [0.3, 0.4) is 0 Å². The Morgan fingerprint density at radius 1 is 1.17 bits per heavy atom. The van der Waals surface area contributed by atoms with Gasteiger partial charge in [-0.25, -0.2) is 4.79 Å². The van der Waals surface area contributed by atoms with Crippen molar-refractivity contribution in [3.63, 3.8) is 0 Å². The molecule has 2 N–H and O–H groups in total. The molecule has 0 aromatic rings. The summed E-state index contributed by atoms with van der Waals surface area (Å²) >= 11 is 0. The quantitative estimate of drug-likeness (QED) is 0.521. The van der Waals surface area contributed by atoms with E-state index in [2.05, 4.69) is 0 Å². The van der Waals surface area contributed by atoms with E-state index in [1.54, 1.807) is 25.2 Å². The third kappa shape index (κ3) is 6.28. The molecule has 0 spiro atoms. The average Bonchev–Trinajstić information content (AvgIpc) is 2.71. The fraction of sp³-hybridized carbons (Fsp3) is 0.500. The van der Waals surface area contributed by atoms with E-state index in [0.29, 0.717) is 30.4 Å². The average molecular weight is 332 g/mol. The van der Waals surface area contributed by atoms with Crippen molar-refractivity contribution in [1.29, 1.82) is 0 Å². The normalized spacial score (nSPS) is 21.7. The maximum Gasteiger partial charge on any atom is 0.331 e. The number of Topliss-reactive ketones (excluding diaryl/α,β-unsaturated/α-hetero) is 1. The van der Waals surface area contributed by atoms with Crippen LogP contribution in [0.15, 0.2) is 46.6 Å². The summed E-state index contributed by atoms with van der Waals surface area (Å²) in [6.07, 6.45) is 8.97. The Labute approximate surface area is 144 Å². The van der Waals surface area contributed by atoms with Gasteiger partial charge in [0.2, 0.25) is 0 Å². The van der Waals surface area contributed by atoms with Crippen molar-refractivity contribution in [2.24, 2.45) is 5.92 Å².